The van der Waals surface area contributed by atoms with Crippen LogP contribution in [0.5, 0.6) is 0 Å². The zero-order valence-corrected chi connectivity index (χ0v) is 15.0. The van der Waals surface area contributed by atoms with Gasteiger partial charge in [-0.1, -0.05) is 41.9 Å². The van der Waals surface area contributed by atoms with Crippen molar-refractivity contribution in [3.63, 3.8) is 0 Å². The molecule has 2 aromatic carbocycles. The maximum Gasteiger partial charge on any atom is 0.293 e. The van der Waals surface area contributed by atoms with Crippen molar-refractivity contribution in [3.05, 3.63) is 79.7 Å². The van der Waals surface area contributed by atoms with Crippen LogP contribution in [-0.2, 0) is 11.2 Å². The van der Waals surface area contributed by atoms with E-state index in [-0.39, 0.29) is 27.4 Å². The molecule has 1 aliphatic rings. The van der Waals surface area contributed by atoms with E-state index in [4.69, 9.17) is 11.6 Å². The number of carbonyl (C=O) groups excluding carboxylic acids is 2. The summed E-state index contributed by atoms with van der Waals surface area (Å²) in [5, 5.41) is 10.8. The molecule has 8 heteroatoms. The van der Waals surface area contributed by atoms with Gasteiger partial charge in [-0.25, -0.2) is 0 Å². The SMILES string of the molecule is O=C1S/C(=C\c2cc([N+](=O)[O-])ccc2Cl)C(=O)N1CCc1ccccc1. The van der Waals surface area contributed by atoms with E-state index in [0.29, 0.717) is 12.0 Å². The number of nitrogens with zero attached hydrogens (tertiary/aromatic N) is 2. The van der Waals surface area contributed by atoms with E-state index in [1.165, 1.54) is 29.2 Å². The number of rotatable bonds is 5. The summed E-state index contributed by atoms with van der Waals surface area (Å²) in [5.74, 6) is -0.418. The average molecular weight is 389 g/mol. The molecule has 26 heavy (non-hydrogen) atoms. The number of carbonyl (C=O) groups is 2. The summed E-state index contributed by atoms with van der Waals surface area (Å²) in [6.07, 6.45) is 1.98. The minimum Gasteiger partial charge on any atom is -0.268 e. The van der Waals surface area contributed by atoms with Gasteiger partial charge in [-0.05, 0) is 35.9 Å². The third kappa shape index (κ3) is 3.95. The Labute approximate surface area is 158 Å². The molecule has 1 heterocycles. The molecule has 132 valence electrons. The second-order valence-electron chi connectivity index (χ2n) is 5.53. The van der Waals surface area contributed by atoms with E-state index >= 15 is 0 Å². The van der Waals surface area contributed by atoms with E-state index < -0.39 is 10.8 Å². The van der Waals surface area contributed by atoms with Gasteiger partial charge < -0.3 is 0 Å². The number of amides is 2. The summed E-state index contributed by atoms with van der Waals surface area (Å²) in [5.41, 5.74) is 1.22. The largest absolute Gasteiger partial charge is 0.293 e. The van der Waals surface area contributed by atoms with Gasteiger partial charge in [-0.3, -0.25) is 24.6 Å². The highest BCUT2D eigenvalue weighted by Crippen LogP contribution is 2.34. The van der Waals surface area contributed by atoms with Crippen LogP contribution in [0.25, 0.3) is 6.08 Å². The lowest BCUT2D eigenvalue weighted by molar-refractivity contribution is -0.384. The van der Waals surface area contributed by atoms with Crippen molar-refractivity contribution in [2.45, 2.75) is 6.42 Å². The molecule has 0 unspecified atom stereocenters. The molecule has 1 saturated heterocycles. The number of nitro groups is 1. The summed E-state index contributed by atoms with van der Waals surface area (Å²) in [6, 6.07) is 13.5. The number of halogens is 1. The fourth-order valence-corrected chi connectivity index (χ4v) is 3.50. The number of hydrogen-bond acceptors (Lipinski definition) is 5. The van der Waals surface area contributed by atoms with E-state index in [9.17, 15) is 19.7 Å². The highest BCUT2D eigenvalue weighted by molar-refractivity contribution is 8.18. The van der Waals surface area contributed by atoms with Crippen molar-refractivity contribution >= 4 is 46.3 Å². The molecule has 1 fully saturated rings. The van der Waals surface area contributed by atoms with Crippen molar-refractivity contribution in [1.29, 1.82) is 0 Å². The summed E-state index contributed by atoms with van der Waals surface area (Å²) < 4.78 is 0. The Hall–Kier alpha value is -2.64. The molecule has 0 aromatic heterocycles. The van der Waals surface area contributed by atoms with Crippen LogP contribution >= 0.6 is 23.4 Å². The standard InChI is InChI=1S/C18H13ClN2O4S/c19-15-7-6-14(21(24)25)10-13(15)11-16-17(22)20(18(23)26-16)9-8-12-4-2-1-3-5-12/h1-7,10-11H,8-9H2/b16-11-. The highest BCUT2D eigenvalue weighted by atomic mass is 35.5. The Bertz CT molecular complexity index is 915. The summed E-state index contributed by atoms with van der Waals surface area (Å²) in [6.45, 7) is 0.273. The van der Waals surface area contributed by atoms with E-state index in [1.54, 1.807) is 0 Å². The zero-order chi connectivity index (χ0) is 18.7. The van der Waals surface area contributed by atoms with E-state index in [0.717, 1.165) is 17.3 Å². The smallest absolute Gasteiger partial charge is 0.268 e. The van der Waals surface area contributed by atoms with Crippen LogP contribution in [0.4, 0.5) is 10.5 Å². The number of thioether (sulfide) groups is 1. The van der Waals surface area contributed by atoms with E-state index in [2.05, 4.69) is 0 Å². The third-order valence-corrected chi connectivity index (χ3v) is 5.07. The number of nitro benzene ring substituents is 1. The Morgan fingerprint density at radius 1 is 1.15 bits per heavy atom. The first-order valence-electron chi connectivity index (χ1n) is 7.69. The average Bonchev–Trinajstić information content (AvgIpc) is 2.89. The fraction of sp³-hybridized carbons (Fsp3) is 0.111. The maximum absolute atomic E-state index is 12.5. The molecule has 6 nitrogen and oxygen atoms in total. The number of imide groups is 1. The highest BCUT2D eigenvalue weighted by Gasteiger charge is 2.34. The van der Waals surface area contributed by atoms with Gasteiger partial charge in [0.25, 0.3) is 16.8 Å². The van der Waals surface area contributed by atoms with E-state index in [1.807, 2.05) is 30.3 Å². The molecule has 0 atom stereocenters. The van der Waals surface area contributed by atoms with Crippen LogP contribution in [0.2, 0.25) is 5.02 Å². The van der Waals surface area contributed by atoms with Crippen LogP contribution in [0.3, 0.4) is 0 Å². The first-order valence-corrected chi connectivity index (χ1v) is 8.88. The number of non-ortho nitro benzene ring substituents is 1. The van der Waals surface area contributed by atoms with Crippen molar-refractivity contribution in [2.75, 3.05) is 6.54 Å². The van der Waals surface area contributed by atoms with Crippen LogP contribution in [0, 0.1) is 10.1 Å². The molecule has 2 aromatic rings. The number of hydrogen-bond donors (Lipinski definition) is 0. The predicted molar refractivity (Wildman–Crippen MR) is 101 cm³/mol. The quantitative estimate of drug-likeness (QED) is 0.427. The minimum absolute atomic E-state index is 0.135. The molecular weight excluding hydrogens is 376 g/mol. The molecule has 0 spiro atoms. The molecule has 1 aliphatic heterocycles. The Morgan fingerprint density at radius 3 is 2.58 bits per heavy atom. The van der Waals surface area contributed by atoms with Crippen molar-refractivity contribution < 1.29 is 14.5 Å². The molecule has 0 radical (unpaired) electrons. The zero-order valence-electron chi connectivity index (χ0n) is 13.4. The molecule has 0 N–H and O–H groups in total. The summed E-state index contributed by atoms with van der Waals surface area (Å²) >= 11 is 6.86. The summed E-state index contributed by atoms with van der Waals surface area (Å²) in [4.78, 5) is 36.4. The molecule has 0 saturated carbocycles. The number of benzene rings is 2. The first-order chi connectivity index (χ1) is 12.5. The minimum atomic E-state index is -0.542. The topological polar surface area (TPSA) is 80.5 Å². The third-order valence-electron chi connectivity index (χ3n) is 3.82. The predicted octanol–water partition coefficient (Wildman–Crippen LogP) is 4.53. The second kappa shape index (κ2) is 7.72. The van der Waals surface area contributed by atoms with Gasteiger partial charge in [-0.15, -0.1) is 0 Å². The normalized spacial score (nSPS) is 15.7. The Kier molecular flexibility index (Phi) is 5.39. The lowest BCUT2D eigenvalue weighted by Gasteiger charge is -2.12. The fourth-order valence-electron chi connectivity index (χ4n) is 2.47. The van der Waals surface area contributed by atoms with Gasteiger partial charge in [0.15, 0.2) is 0 Å². The van der Waals surface area contributed by atoms with Gasteiger partial charge >= 0.3 is 0 Å². The van der Waals surface area contributed by atoms with Crippen LogP contribution in [0.1, 0.15) is 11.1 Å². The molecule has 3 rings (SSSR count). The van der Waals surface area contributed by atoms with Gasteiger partial charge in [0.05, 0.1) is 9.83 Å². The lowest BCUT2D eigenvalue weighted by Crippen LogP contribution is -2.30. The lowest BCUT2D eigenvalue weighted by atomic mass is 10.1. The van der Waals surface area contributed by atoms with Crippen molar-refractivity contribution in [1.82, 2.24) is 4.90 Å². The second-order valence-corrected chi connectivity index (χ2v) is 6.93. The van der Waals surface area contributed by atoms with Gasteiger partial charge in [0, 0.05) is 29.3 Å². The monoisotopic (exact) mass is 388 g/mol. The molecule has 0 aliphatic carbocycles. The summed E-state index contributed by atoms with van der Waals surface area (Å²) in [7, 11) is 0. The van der Waals surface area contributed by atoms with Crippen LogP contribution in [0.15, 0.2) is 53.4 Å². The van der Waals surface area contributed by atoms with Gasteiger partial charge in [0.2, 0.25) is 0 Å². The van der Waals surface area contributed by atoms with Gasteiger partial charge in [0.1, 0.15) is 0 Å². The Balaban J connectivity index is 1.79. The van der Waals surface area contributed by atoms with Crippen LogP contribution in [-0.4, -0.2) is 27.5 Å². The first kappa shape index (κ1) is 18.2. The molecule has 0 bridgehead atoms. The molecule has 2 amide bonds. The molecular formula is C18H13ClN2O4S. The van der Waals surface area contributed by atoms with Crippen LogP contribution < -0.4 is 0 Å². The Morgan fingerprint density at radius 2 is 1.88 bits per heavy atom. The van der Waals surface area contributed by atoms with Crippen molar-refractivity contribution in [2.24, 2.45) is 0 Å². The maximum atomic E-state index is 12.5. The van der Waals surface area contributed by atoms with Crippen molar-refractivity contribution in [3.8, 4) is 0 Å². The van der Waals surface area contributed by atoms with Gasteiger partial charge in [-0.2, -0.15) is 0 Å².